The Morgan fingerprint density at radius 1 is 1.38 bits per heavy atom. The van der Waals surface area contributed by atoms with Gasteiger partial charge in [0.05, 0.1) is 5.41 Å². The zero-order chi connectivity index (χ0) is 17.6. The zero-order valence-electron chi connectivity index (χ0n) is 13.8. The highest BCUT2D eigenvalue weighted by atomic mass is 19.1. The maximum atomic E-state index is 12.9. The first-order valence-corrected chi connectivity index (χ1v) is 7.96. The van der Waals surface area contributed by atoms with Crippen molar-refractivity contribution in [3.05, 3.63) is 35.6 Å². The quantitative estimate of drug-likeness (QED) is 0.834. The number of carbonyl (C=O) groups excluding carboxylic acids is 1. The van der Waals surface area contributed by atoms with Crippen molar-refractivity contribution in [2.45, 2.75) is 25.8 Å². The first-order valence-electron chi connectivity index (χ1n) is 7.96. The largest absolute Gasteiger partial charge is 0.481 e. The van der Waals surface area contributed by atoms with Crippen LogP contribution in [-0.2, 0) is 16.1 Å². The van der Waals surface area contributed by atoms with Gasteiger partial charge in [-0.1, -0.05) is 12.1 Å². The summed E-state index contributed by atoms with van der Waals surface area (Å²) >= 11 is 0. The van der Waals surface area contributed by atoms with Crippen molar-refractivity contribution in [1.82, 2.24) is 10.2 Å². The van der Waals surface area contributed by atoms with Gasteiger partial charge in [-0.15, -0.1) is 0 Å². The lowest BCUT2D eigenvalue weighted by atomic mass is 9.77. The highest BCUT2D eigenvalue weighted by Gasteiger charge is 2.43. The fraction of sp³-hybridized carbons (Fsp3) is 0.529. The van der Waals surface area contributed by atoms with Gasteiger partial charge >= 0.3 is 12.0 Å². The number of halogens is 1. The molecule has 132 valence electrons. The van der Waals surface area contributed by atoms with Crippen LogP contribution in [-0.4, -0.2) is 48.8 Å². The fourth-order valence-corrected chi connectivity index (χ4v) is 2.98. The molecule has 1 fully saturated rings. The highest BCUT2D eigenvalue weighted by Crippen LogP contribution is 2.34. The molecule has 2 N–H and O–H groups in total. The average Bonchev–Trinajstić information content (AvgIpc) is 2.59. The summed E-state index contributed by atoms with van der Waals surface area (Å²) in [5, 5.41) is 12.4. The minimum absolute atomic E-state index is 0.168. The third kappa shape index (κ3) is 4.44. The van der Waals surface area contributed by atoms with Crippen LogP contribution in [0.2, 0.25) is 0 Å². The number of carboxylic acids is 1. The van der Waals surface area contributed by atoms with E-state index in [4.69, 9.17) is 4.74 Å². The van der Waals surface area contributed by atoms with E-state index < -0.39 is 11.4 Å². The van der Waals surface area contributed by atoms with E-state index in [0.717, 1.165) is 5.56 Å². The number of hydrogen-bond acceptors (Lipinski definition) is 3. The van der Waals surface area contributed by atoms with Gasteiger partial charge in [0.2, 0.25) is 0 Å². The second-order valence-corrected chi connectivity index (χ2v) is 6.14. The van der Waals surface area contributed by atoms with E-state index in [0.29, 0.717) is 32.4 Å². The summed E-state index contributed by atoms with van der Waals surface area (Å²) in [6.45, 7) is 1.31. The first kappa shape index (κ1) is 18.2. The number of ether oxygens (including phenoxy) is 1. The number of hydrogen-bond donors (Lipinski definition) is 2. The van der Waals surface area contributed by atoms with Gasteiger partial charge in [0.1, 0.15) is 5.82 Å². The van der Waals surface area contributed by atoms with Crippen LogP contribution in [0.1, 0.15) is 24.8 Å². The summed E-state index contributed by atoms with van der Waals surface area (Å²) < 4.78 is 17.9. The second-order valence-electron chi connectivity index (χ2n) is 6.14. The van der Waals surface area contributed by atoms with Gasteiger partial charge in [-0.3, -0.25) is 4.79 Å². The predicted octanol–water partition coefficient (Wildman–Crippen LogP) is 2.24. The standard InChI is InChI=1S/C17H23FN2O4/c1-24-10-8-17(15(21)22)7-2-9-20(12-17)16(23)19-11-13-3-5-14(18)6-4-13/h3-6H,2,7-12H2,1H3,(H,19,23)(H,21,22)/t17-/m0/s1. The molecule has 6 nitrogen and oxygen atoms in total. The van der Waals surface area contributed by atoms with E-state index in [1.165, 1.54) is 24.1 Å². The lowest BCUT2D eigenvalue weighted by molar-refractivity contribution is -0.153. The molecular formula is C17H23FN2O4. The van der Waals surface area contributed by atoms with E-state index in [1.807, 2.05) is 0 Å². The van der Waals surface area contributed by atoms with Crippen molar-refractivity contribution >= 4 is 12.0 Å². The first-order chi connectivity index (χ1) is 11.5. The number of aliphatic carboxylic acids is 1. The van der Waals surface area contributed by atoms with Crippen LogP contribution in [0.4, 0.5) is 9.18 Å². The van der Waals surface area contributed by atoms with Gasteiger partial charge in [-0.05, 0) is 37.0 Å². The molecule has 1 atom stereocenters. The number of methoxy groups -OCH3 is 1. The van der Waals surface area contributed by atoms with Crippen molar-refractivity contribution in [1.29, 1.82) is 0 Å². The molecule has 0 aromatic heterocycles. The molecule has 0 radical (unpaired) electrons. The maximum absolute atomic E-state index is 12.9. The summed E-state index contributed by atoms with van der Waals surface area (Å²) in [6.07, 6.45) is 1.55. The Bertz CT molecular complexity index is 578. The van der Waals surface area contributed by atoms with E-state index in [2.05, 4.69) is 5.32 Å². The number of benzene rings is 1. The number of urea groups is 1. The number of carboxylic acid groups (broad SMARTS) is 1. The Balaban J connectivity index is 1.95. The van der Waals surface area contributed by atoms with Crippen molar-refractivity contribution < 1.29 is 23.8 Å². The van der Waals surface area contributed by atoms with Gasteiger partial charge in [0.25, 0.3) is 0 Å². The molecule has 1 aliphatic heterocycles. The van der Waals surface area contributed by atoms with Crippen LogP contribution in [0.15, 0.2) is 24.3 Å². The van der Waals surface area contributed by atoms with Gasteiger partial charge in [0.15, 0.2) is 0 Å². The van der Waals surface area contributed by atoms with Gasteiger partial charge in [0, 0.05) is 33.4 Å². The minimum atomic E-state index is -0.957. The van der Waals surface area contributed by atoms with Crippen LogP contribution >= 0.6 is 0 Å². The molecule has 1 aromatic carbocycles. The Morgan fingerprint density at radius 3 is 2.71 bits per heavy atom. The van der Waals surface area contributed by atoms with Crippen molar-refractivity contribution in [3.63, 3.8) is 0 Å². The Labute approximate surface area is 140 Å². The summed E-state index contributed by atoms with van der Waals surface area (Å²) in [7, 11) is 1.53. The number of amides is 2. The van der Waals surface area contributed by atoms with Gasteiger partial charge in [-0.2, -0.15) is 0 Å². The fourth-order valence-electron chi connectivity index (χ4n) is 2.98. The maximum Gasteiger partial charge on any atom is 0.317 e. The van der Waals surface area contributed by atoms with E-state index in [9.17, 15) is 19.1 Å². The van der Waals surface area contributed by atoms with Crippen LogP contribution in [0.25, 0.3) is 0 Å². The molecule has 1 heterocycles. The van der Waals surface area contributed by atoms with Crippen molar-refractivity contribution in [2.75, 3.05) is 26.8 Å². The summed E-state index contributed by atoms with van der Waals surface area (Å²) in [5.41, 5.74) is -0.174. The Kier molecular flexibility index (Phi) is 6.14. The number of rotatable bonds is 6. The normalized spacial score (nSPS) is 20.7. The zero-order valence-corrected chi connectivity index (χ0v) is 13.8. The van der Waals surface area contributed by atoms with Crippen molar-refractivity contribution in [3.8, 4) is 0 Å². The molecule has 0 bridgehead atoms. The molecule has 7 heteroatoms. The minimum Gasteiger partial charge on any atom is -0.481 e. The molecule has 2 rings (SSSR count). The van der Waals surface area contributed by atoms with E-state index in [1.54, 1.807) is 12.1 Å². The topological polar surface area (TPSA) is 78.9 Å². The van der Waals surface area contributed by atoms with Gasteiger partial charge in [-0.25, -0.2) is 9.18 Å². The van der Waals surface area contributed by atoms with E-state index >= 15 is 0 Å². The number of nitrogens with one attached hydrogen (secondary N) is 1. The summed E-state index contributed by atoms with van der Waals surface area (Å²) in [5.74, 6) is -1.22. The number of piperidine rings is 1. The van der Waals surface area contributed by atoms with Crippen LogP contribution in [0, 0.1) is 11.2 Å². The molecule has 0 aliphatic carbocycles. The third-order valence-electron chi connectivity index (χ3n) is 4.46. The number of carbonyl (C=O) groups is 2. The molecule has 2 amide bonds. The molecule has 1 aromatic rings. The predicted molar refractivity (Wildman–Crippen MR) is 86.0 cm³/mol. The second kappa shape index (κ2) is 8.10. The SMILES string of the molecule is COCC[C@@]1(C(=O)O)CCCN(C(=O)NCc2ccc(F)cc2)C1. The summed E-state index contributed by atoms with van der Waals surface area (Å²) in [4.78, 5) is 25.6. The van der Waals surface area contributed by atoms with E-state index in [-0.39, 0.29) is 24.9 Å². The Morgan fingerprint density at radius 2 is 2.08 bits per heavy atom. The lowest BCUT2D eigenvalue weighted by Gasteiger charge is -2.39. The van der Waals surface area contributed by atoms with Crippen LogP contribution < -0.4 is 5.32 Å². The molecule has 24 heavy (non-hydrogen) atoms. The third-order valence-corrected chi connectivity index (χ3v) is 4.46. The molecular weight excluding hydrogens is 315 g/mol. The van der Waals surface area contributed by atoms with Crippen LogP contribution in [0.5, 0.6) is 0 Å². The highest BCUT2D eigenvalue weighted by molar-refractivity contribution is 5.78. The summed E-state index contributed by atoms with van der Waals surface area (Å²) in [6, 6.07) is 5.57. The monoisotopic (exact) mass is 338 g/mol. The molecule has 0 spiro atoms. The van der Waals surface area contributed by atoms with Gasteiger partial charge < -0.3 is 20.1 Å². The molecule has 1 aliphatic rings. The molecule has 1 saturated heterocycles. The lowest BCUT2D eigenvalue weighted by Crippen LogP contribution is -2.52. The molecule has 0 saturated carbocycles. The Hall–Kier alpha value is -2.15. The smallest absolute Gasteiger partial charge is 0.317 e. The average molecular weight is 338 g/mol. The number of likely N-dealkylation sites (tertiary alicyclic amines) is 1. The van der Waals surface area contributed by atoms with Crippen molar-refractivity contribution in [2.24, 2.45) is 5.41 Å². The number of nitrogens with zero attached hydrogens (tertiary/aromatic N) is 1. The molecule has 0 unspecified atom stereocenters. The van der Waals surface area contributed by atoms with Crippen LogP contribution in [0.3, 0.4) is 0 Å².